The summed E-state index contributed by atoms with van der Waals surface area (Å²) in [6.07, 6.45) is 2.37. The van der Waals surface area contributed by atoms with Crippen LogP contribution in [0.5, 0.6) is 0 Å². The average molecular weight is 422 g/mol. The van der Waals surface area contributed by atoms with Crippen LogP contribution in [0.15, 0.2) is 66.7 Å². The Balaban J connectivity index is 1.76. The van der Waals surface area contributed by atoms with E-state index < -0.39 is 17.9 Å². The van der Waals surface area contributed by atoms with Gasteiger partial charge in [-0.3, -0.25) is 4.90 Å². The molecule has 0 aliphatic carbocycles. The van der Waals surface area contributed by atoms with Crippen molar-refractivity contribution in [3.63, 3.8) is 0 Å². The molecule has 0 saturated carbocycles. The Morgan fingerprint density at radius 3 is 2.32 bits per heavy atom. The topological polar surface area (TPSA) is 41.9 Å². The van der Waals surface area contributed by atoms with Gasteiger partial charge >= 0.3 is 0 Å². The van der Waals surface area contributed by atoms with Crippen LogP contribution < -0.4 is 0 Å². The standard InChI is InChI=1S/C26H28FNO3/c27-23-14-5-4-12-21(23)24(25-30-17-18-31-25)26(29,28-15-6-1-7-16-28)22-13-8-10-19-9-2-3-11-20(19)22/h2-5,8-14,24-25,29H,1,6-7,15-18H2. The number of benzene rings is 3. The number of ether oxygens (including phenoxy) is 2. The number of aliphatic hydroxyl groups is 1. The van der Waals surface area contributed by atoms with Crippen molar-refractivity contribution in [2.75, 3.05) is 26.3 Å². The molecule has 0 bridgehead atoms. The van der Waals surface area contributed by atoms with E-state index in [9.17, 15) is 5.11 Å². The van der Waals surface area contributed by atoms with Gasteiger partial charge in [0.15, 0.2) is 12.0 Å². The predicted octanol–water partition coefficient (Wildman–Crippen LogP) is 4.77. The van der Waals surface area contributed by atoms with E-state index in [-0.39, 0.29) is 5.82 Å². The molecule has 5 rings (SSSR count). The van der Waals surface area contributed by atoms with Crippen molar-refractivity contribution in [1.82, 2.24) is 4.90 Å². The lowest BCUT2D eigenvalue weighted by Crippen LogP contribution is -2.55. The van der Waals surface area contributed by atoms with E-state index in [0.717, 1.165) is 48.7 Å². The number of piperidine rings is 1. The molecule has 1 N–H and O–H groups in total. The molecule has 0 amide bonds. The first-order valence-electron chi connectivity index (χ1n) is 11.1. The summed E-state index contributed by atoms with van der Waals surface area (Å²) < 4.78 is 27.0. The van der Waals surface area contributed by atoms with Crippen LogP contribution in [-0.4, -0.2) is 42.6 Å². The van der Waals surface area contributed by atoms with Crippen LogP contribution in [-0.2, 0) is 15.2 Å². The normalized spacial score (nSPS) is 21.2. The molecule has 3 aromatic rings. The van der Waals surface area contributed by atoms with Gasteiger partial charge in [0.1, 0.15) is 5.82 Å². The van der Waals surface area contributed by atoms with E-state index in [1.165, 1.54) is 6.07 Å². The summed E-state index contributed by atoms with van der Waals surface area (Å²) in [6.45, 7) is 2.33. The minimum absolute atomic E-state index is 0.359. The molecule has 0 radical (unpaired) electrons. The summed E-state index contributed by atoms with van der Waals surface area (Å²) in [4.78, 5) is 2.10. The number of likely N-dealkylation sites (tertiary alicyclic amines) is 1. The first-order chi connectivity index (χ1) is 15.2. The molecule has 2 saturated heterocycles. The van der Waals surface area contributed by atoms with Gasteiger partial charge in [-0.15, -0.1) is 0 Å². The lowest BCUT2D eigenvalue weighted by Gasteiger charge is -2.48. The monoisotopic (exact) mass is 421 g/mol. The molecule has 2 unspecified atom stereocenters. The number of rotatable bonds is 5. The molecule has 2 aliphatic rings. The summed E-state index contributed by atoms with van der Waals surface area (Å²) >= 11 is 0. The van der Waals surface area contributed by atoms with Gasteiger partial charge in [0.25, 0.3) is 0 Å². The van der Waals surface area contributed by atoms with Crippen LogP contribution in [0.3, 0.4) is 0 Å². The summed E-state index contributed by atoms with van der Waals surface area (Å²) in [7, 11) is 0. The summed E-state index contributed by atoms with van der Waals surface area (Å²) in [5.74, 6) is -1.10. The molecule has 2 aliphatic heterocycles. The first-order valence-corrected chi connectivity index (χ1v) is 11.1. The zero-order valence-electron chi connectivity index (χ0n) is 17.5. The van der Waals surface area contributed by atoms with Gasteiger partial charge in [-0.2, -0.15) is 0 Å². The van der Waals surface area contributed by atoms with Crippen molar-refractivity contribution >= 4 is 10.8 Å². The summed E-state index contributed by atoms with van der Waals surface area (Å²) in [6, 6.07) is 20.6. The fourth-order valence-electron chi connectivity index (χ4n) is 5.17. The summed E-state index contributed by atoms with van der Waals surface area (Å²) in [5.41, 5.74) is -0.311. The number of fused-ring (bicyclic) bond motifs is 1. The lowest BCUT2D eigenvalue weighted by molar-refractivity contribution is -0.199. The largest absolute Gasteiger partial charge is 0.370 e. The van der Waals surface area contributed by atoms with E-state index in [2.05, 4.69) is 4.90 Å². The second kappa shape index (κ2) is 8.67. The van der Waals surface area contributed by atoms with E-state index in [1.807, 2.05) is 42.5 Å². The molecule has 162 valence electrons. The Morgan fingerprint density at radius 2 is 1.55 bits per heavy atom. The Morgan fingerprint density at radius 1 is 0.871 bits per heavy atom. The SMILES string of the molecule is OC(c1cccc2ccccc12)(C(c1ccccc1F)C1OCCO1)N1CCCCC1. The third-order valence-corrected chi connectivity index (χ3v) is 6.62. The van der Waals surface area contributed by atoms with Gasteiger partial charge in [0.2, 0.25) is 0 Å². The van der Waals surface area contributed by atoms with E-state index >= 15 is 4.39 Å². The van der Waals surface area contributed by atoms with Crippen molar-refractivity contribution < 1.29 is 19.0 Å². The fourth-order valence-corrected chi connectivity index (χ4v) is 5.17. The number of hydrogen-bond donors (Lipinski definition) is 1. The minimum atomic E-state index is -1.49. The van der Waals surface area contributed by atoms with Gasteiger partial charge in [-0.1, -0.05) is 67.1 Å². The average Bonchev–Trinajstić information content (AvgIpc) is 3.35. The smallest absolute Gasteiger partial charge is 0.169 e. The Hall–Kier alpha value is -2.31. The Labute approximate surface area is 182 Å². The van der Waals surface area contributed by atoms with Crippen LogP contribution >= 0.6 is 0 Å². The maximum Gasteiger partial charge on any atom is 0.169 e. The van der Waals surface area contributed by atoms with Gasteiger partial charge in [0.05, 0.1) is 19.1 Å². The van der Waals surface area contributed by atoms with Gasteiger partial charge in [-0.25, -0.2) is 4.39 Å². The second-order valence-corrected chi connectivity index (χ2v) is 8.41. The quantitative estimate of drug-likeness (QED) is 0.645. The third-order valence-electron chi connectivity index (χ3n) is 6.62. The maximum absolute atomic E-state index is 15.2. The van der Waals surface area contributed by atoms with E-state index in [1.54, 1.807) is 18.2 Å². The van der Waals surface area contributed by atoms with Crippen LogP contribution in [0.25, 0.3) is 10.8 Å². The molecule has 0 spiro atoms. The van der Waals surface area contributed by atoms with Crippen LogP contribution in [0.1, 0.15) is 36.3 Å². The second-order valence-electron chi connectivity index (χ2n) is 8.41. The zero-order valence-corrected chi connectivity index (χ0v) is 17.5. The van der Waals surface area contributed by atoms with Crippen LogP contribution in [0, 0.1) is 5.82 Å². The molecular weight excluding hydrogens is 393 g/mol. The van der Waals surface area contributed by atoms with E-state index in [4.69, 9.17) is 9.47 Å². The van der Waals surface area contributed by atoms with Crippen molar-refractivity contribution in [3.8, 4) is 0 Å². The van der Waals surface area contributed by atoms with E-state index in [0.29, 0.717) is 18.8 Å². The Kier molecular flexibility index (Phi) is 5.76. The fraction of sp³-hybridized carbons (Fsp3) is 0.385. The number of hydrogen-bond acceptors (Lipinski definition) is 4. The molecule has 2 atom stereocenters. The molecule has 0 aromatic heterocycles. The van der Waals surface area contributed by atoms with Crippen molar-refractivity contribution in [2.45, 2.75) is 37.2 Å². The highest BCUT2D eigenvalue weighted by Crippen LogP contribution is 2.47. The van der Waals surface area contributed by atoms with Crippen LogP contribution in [0.2, 0.25) is 0 Å². The first kappa shape index (κ1) is 20.6. The van der Waals surface area contributed by atoms with Crippen LogP contribution in [0.4, 0.5) is 4.39 Å². The lowest BCUT2D eigenvalue weighted by atomic mass is 9.79. The highest BCUT2D eigenvalue weighted by molar-refractivity contribution is 5.86. The molecule has 4 nitrogen and oxygen atoms in total. The zero-order chi connectivity index (χ0) is 21.3. The summed E-state index contributed by atoms with van der Waals surface area (Å²) in [5, 5.41) is 14.7. The van der Waals surface area contributed by atoms with Gasteiger partial charge in [-0.05, 0) is 29.7 Å². The number of nitrogens with zero attached hydrogens (tertiary/aromatic N) is 1. The minimum Gasteiger partial charge on any atom is -0.370 e. The molecule has 2 fully saturated rings. The van der Waals surface area contributed by atoms with Gasteiger partial charge in [0, 0.05) is 24.2 Å². The maximum atomic E-state index is 15.2. The number of halogens is 1. The van der Waals surface area contributed by atoms with Crippen molar-refractivity contribution in [3.05, 3.63) is 83.7 Å². The molecule has 2 heterocycles. The van der Waals surface area contributed by atoms with Crippen molar-refractivity contribution in [2.24, 2.45) is 0 Å². The Bertz CT molecular complexity index is 1040. The third kappa shape index (κ3) is 3.66. The molecule has 3 aromatic carbocycles. The molecular formula is C26H28FNO3. The van der Waals surface area contributed by atoms with Crippen molar-refractivity contribution in [1.29, 1.82) is 0 Å². The molecule has 31 heavy (non-hydrogen) atoms. The van der Waals surface area contributed by atoms with Gasteiger partial charge < -0.3 is 14.6 Å². The predicted molar refractivity (Wildman–Crippen MR) is 118 cm³/mol. The highest BCUT2D eigenvalue weighted by atomic mass is 19.1. The highest BCUT2D eigenvalue weighted by Gasteiger charge is 2.51. The molecule has 5 heteroatoms.